The Labute approximate surface area is 158 Å². The molecule has 27 heavy (non-hydrogen) atoms. The predicted molar refractivity (Wildman–Crippen MR) is 104 cm³/mol. The van der Waals surface area contributed by atoms with Gasteiger partial charge in [0.1, 0.15) is 17.8 Å². The van der Waals surface area contributed by atoms with Gasteiger partial charge in [0, 0.05) is 49.7 Å². The summed E-state index contributed by atoms with van der Waals surface area (Å²) in [5, 5.41) is 5.72. The largest absolute Gasteiger partial charge is 0.381 e. The number of fused-ring (bicyclic) bond motifs is 1. The molecule has 2 aliphatic heterocycles. The second kappa shape index (κ2) is 6.34. The van der Waals surface area contributed by atoms with Gasteiger partial charge in [-0.15, -0.1) is 0 Å². The molecule has 3 aromatic heterocycles. The number of hydrogen-bond donors (Lipinski definition) is 1. The van der Waals surface area contributed by atoms with Gasteiger partial charge in [-0.25, -0.2) is 9.97 Å². The van der Waals surface area contributed by atoms with Crippen molar-refractivity contribution in [2.75, 3.05) is 24.7 Å². The quantitative estimate of drug-likeness (QED) is 0.768. The van der Waals surface area contributed by atoms with Gasteiger partial charge in [-0.3, -0.25) is 4.68 Å². The smallest absolute Gasteiger partial charge is 0.142 e. The highest BCUT2D eigenvalue weighted by Gasteiger charge is 2.54. The summed E-state index contributed by atoms with van der Waals surface area (Å²) >= 11 is 0. The van der Waals surface area contributed by atoms with Crippen LogP contribution in [0.2, 0.25) is 0 Å². The number of aromatic amines is 1. The van der Waals surface area contributed by atoms with Gasteiger partial charge in [0.05, 0.1) is 17.6 Å². The minimum Gasteiger partial charge on any atom is -0.381 e. The van der Waals surface area contributed by atoms with E-state index in [1.807, 2.05) is 12.4 Å². The molecule has 3 aromatic rings. The topological polar surface area (TPSA) is 71.9 Å². The fraction of sp³-hybridized carbons (Fsp3) is 0.550. The summed E-state index contributed by atoms with van der Waals surface area (Å²) in [6.45, 7) is 8.08. The van der Waals surface area contributed by atoms with E-state index in [-0.39, 0.29) is 11.5 Å². The normalized spacial score (nSPS) is 21.9. The Kier molecular flexibility index (Phi) is 3.93. The molecule has 1 spiro atoms. The molecule has 0 aliphatic carbocycles. The molecule has 2 fully saturated rings. The van der Waals surface area contributed by atoms with Crippen LogP contribution in [0.5, 0.6) is 0 Å². The molecule has 0 bridgehead atoms. The molecule has 0 saturated carbocycles. The lowest BCUT2D eigenvalue weighted by molar-refractivity contribution is -0.0294. The van der Waals surface area contributed by atoms with Gasteiger partial charge in [-0.1, -0.05) is 13.8 Å². The molecular formula is C20H26N6O. The monoisotopic (exact) mass is 366 g/mol. The average molecular weight is 366 g/mol. The molecule has 0 amide bonds. The maximum absolute atomic E-state index is 5.67. The molecule has 5 heterocycles. The zero-order valence-electron chi connectivity index (χ0n) is 15.9. The Morgan fingerprint density at radius 2 is 2.15 bits per heavy atom. The SMILES string of the molecule is CC(C)Cn1cc([C@H]2N(c3ncnc4[nH]ccc34)CC23CCOCC3)cn1. The van der Waals surface area contributed by atoms with Crippen molar-refractivity contribution in [2.45, 2.75) is 39.3 Å². The maximum Gasteiger partial charge on any atom is 0.142 e. The predicted octanol–water partition coefficient (Wildman–Crippen LogP) is 3.17. The number of nitrogens with zero attached hydrogens (tertiary/aromatic N) is 5. The molecule has 7 nitrogen and oxygen atoms in total. The molecule has 0 aromatic carbocycles. The van der Waals surface area contributed by atoms with Crippen LogP contribution in [0.25, 0.3) is 11.0 Å². The third kappa shape index (κ3) is 2.72. The molecule has 0 radical (unpaired) electrons. The van der Waals surface area contributed by atoms with Gasteiger partial charge in [0.15, 0.2) is 0 Å². The number of nitrogens with one attached hydrogen (secondary N) is 1. The Hall–Kier alpha value is -2.41. The van der Waals surface area contributed by atoms with Crippen LogP contribution >= 0.6 is 0 Å². The lowest BCUT2D eigenvalue weighted by atomic mass is 9.64. The first-order chi connectivity index (χ1) is 13.2. The van der Waals surface area contributed by atoms with E-state index in [2.05, 4.69) is 55.7 Å². The summed E-state index contributed by atoms with van der Waals surface area (Å²) in [4.78, 5) is 14.6. The summed E-state index contributed by atoms with van der Waals surface area (Å²) in [5.74, 6) is 1.59. The first kappa shape index (κ1) is 16.7. The zero-order valence-corrected chi connectivity index (χ0v) is 15.9. The Balaban J connectivity index is 1.54. The molecular weight excluding hydrogens is 340 g/mol. The van der Waals surface area contributed by atoms with Crippen molar-refractivity contribution in [2.24, 2.45) is 11.3 Å². The molecule has 0 unspecified atom stereocenters. The van der Waals surface area contributed by atoms with E-state index in [4.69, 9.17) is 4.74 Å². The number of anilines is 1. The van der Waals surface area contributed by atoms with E-state index in [9.17, 15) is 0 Å². The van der Waals surface area contributed by atoms with Gasteiger partial charge >= 0.3 is 0 Å². The summed E-state index contributed by atoms with van der Waals surface area (Å²) in [6, 6.07) is 2.36. The second-order valence-electron chi connectivity index (χ2n) is 8.33. The van der Waals surface area contributed by atoms with Crippen molar-refractivity contribution in [1.82, 2.24) is 24.7 Å². The van der Waals surface area contributed by atoms with Crippen molar-refractivity contribution in [3.63, 3.8) is 0 Å². The van der Waals surface area contributed by atoms with Crippen molar-refractivity contribution in [1.29, 1.82) is 0 Å². The molecule has 1 atom stereocenters. The summed E-state index contributed by atoms with van der Waals surface area (Å²) in [6.07, 6.45) is 10.0. The van der Waals surface area contributed by atoms with Crippen LogP contribution in [0.3, 0.4) is 0 Å². The van der Waals surface area contributed by atoms with Gasteiger partial charge in [0.25, 0.3) is 0 Å². The fourth-order valence-electron chi connectivity index (χ4n) is 4.76. The third-order valence-electron chi connectivity index (χ3n) is 5.99. The van der Waals surface area contributed by atoms with E-state index in [1.165, 1.54) is 5.56 Å². The minimum absolute atomic E-state index is 0.248. The Morgan fingerprint density at radius 3 is 2.96 bits per heavy atom. The van der Waals surface area contributed by atoms with Gasteiger partial charge < -0.3 is 14.6 Å². The first-order valence-electron chi connectivity index (χ1n) is 9.81. The van der Waals surface area contributed by atoms with Crippen molar-refractivity contribution >= 4 is 16.9 Å². The average Bonchev–Trinajstić information content (AvgIpc) is 3.29. The second-order valence-corrected chi connectivity index (χ2v) is 8.33. The highest BCUT2D eigenvalue weighted by atomic mass is 16.5. The number of ether oxygens (including phenoxy) is 1. The standard InChI is InChI=1S/C20H26N6O/c1-14(2)10-25-11-15(9-24-25)17-20(4-7-27-8-5-20)12-26(17)19-16-3-6-21-18(16)22-13-23-19/h3,6,9,11,13-14,17H,4-5,7-8,10,12H2,1-2H3,(H,21,22,23)/t17-/m1/s1. The van der Waals surface area contributed by atoms with Crippen LogP contribution in [0, 0.1) is 11.3 Å². The van der Waals surface area contributed by atoms with E-state index in [0.29, 0.717) is 5.92 Å². The lowest BCUT2D eigenvalue weighted by Crippen LogP contribution is -2.61. The van der Waals surface area contributed by atoms with Crippen LogP contribution in [-0.4, -0.2) is 44.5 Å². The van der Waals surface area contributed by atoms with Crippen molar-refractivity contribution in [3.8, 4) is 0 Å². The molecule has 2 aliphatic rings. The summed E-state index contributed by atoms with van der Waals surface area (Å²) < 4.78 is 7.75. The molecule has 2 saturated heterocycles. The highest BCUT2D eigenvalue weighted by molar-refractivity contribution is 5.88. The molecule has 5 rings (SSSR count). The van der Waals surface area contributed by atoms with Crippen LogP contribution in [0.15, 0.2) is 31.0 Å². The molecule has 1 N–H and O–H groups in total. The van der Waals surface area contributed by atoms with E-state index >= 15 is 0 Å². The number of H-pyrrole nitrogens is 1. The van der Waals surface area contributed by atoms with Crippen LogP contribution in [0.4, 0.5) is 5.82 Å². The van der Waals surface area contributed by atoms with Crippen LogP contribution in [0.1, 0.15) is 38.3 Å². The van der Waals surface area contributed by atoms with E-state index in [0.717, 1.165) is 56.0 Å². The lowest BCUT2D eigenvalue weighted by Gasteiger charge is -2.59. The highest BCUT2D eigenvalue weighted by Crippen LogP contribution is 2.56. The first-order valence-corrected chi connectivity index (χ1v) is 9.81. The molecule has 7 heteroatoms. The molecule has 142 valence electrons. The van der Waals surface area contributed by atoms with Gasteiger partial charge in [-0.05, 0) is 24.8 Å². The summed E-state index contributed by atoms with van der Waals surface area (Å²) in [7, 11) is 0. The fourth-order valence-corrected chi connectivity index (χ4v) is 4.76. The zero-order chi connectivity index (χ0) is 18.4. The van der Waals surface area contributed by atoms with Crippen LogP contribution in [-0.2, 0) is 11.3 Å². The van der Waals surface area contributed by atoms with Crippen molar-refractivity contribution in [3.05, 3.63) is 36.5 Å². The van der Waals surface area contributed by atoms with Crippen molar-refractivity contribution < 1.29 is 4.74 Å². The van der Waals surface area contributed by atoms with E-state index in [1.54, 1.807) is 6.33 Å². The van der Waals surface area contributed by atoms with Crippen LogP contribution < -0.4 is 4.90 Å². The summed E-state index contributed by atoms with van der Waals surface area (Å²) in [5.41, 5.74) is 2.42. The third-order valence-corrected chi connectivity index (χ3v) is 5.99. The number of rotatable bonds is 4. The number of aromatic nitrogens is 5. The number of hydrogen-bond acceptors (Lipinski definition) is 5. The van der Waals surface area contributed by atoms with Gasteiger partial charge in [0.2, 0.25) is 0 Å². The maximum atomic E-state index is 5.67. The van der Waals surface area contributed by atoms with Gasteiger partial charge in [-0.2, -0.15) is 5.10 Å². The van der Waals surface area contributed by atoms with E-state index < -0.39 is 0 Å². The Bertz CT molecular complexity index is 939. The minimum atomic E-state index is 0.248. The Morgan fingerprint density at radius 1 is 1.30 bits per heavy atom.